The van der Waals surface area contributed by atoms with E-state index in [0.717, 1.165) is 27.9 Å². The minimum absolute atomic E-state index is 0.0949. The number of hydrogen-bond acceptors (Lipinski definition) is 2. The van der Waals surface area contributed by atoms with Gasteiger partial charge in [-0.25, -0.2) is 4.39 Å². The monoisotopic (exact) mass is 413 g/mol. The van der Waals surface area contributed by atoms with E-state index in [9.17, 15) is 4.39 Å². The van der Waals surface area contributed by atoms with Crippen molar-refractivity contribution < 1.29 is 9.13 Å². The van der Waals surface area contributed by atoms with Crippen molar-refractivity contribution in [3.8, 4) is 5.75 Å². The number of nitrogens with one attached hydrogen (secondary N) is 1. The molecule has 2 aromatic rings. The molecule has 0 aliphatic carbocycles. The van der Waals surface area contributed by atoms with E-state index >= 15 is 0 Å². The van der Waals surface area contributed by atoms with E-state index < -0.39 is 0 Å². The second-order valence-electron chi connectivity index (χ2n) is 5.16. The third kappa shape index (κ3) is 3.24. The van der Waals surface area contributed by atoms with E-state index in [4.69, 9.17) is 4.74 Å². The lowest BCUT2D eigenvalue weighted by Crippen LogP contribution is -2.24. The summed E-state index contributed by atoms with van der Waals surface area (Å²) < 4.78 is 20.9. The molecule has 0 fully saturated rings. The number of halogens is 3. The van der Waals surface area contributed by atoms with Gasteiger partial charge in [0.05, 0.1) is 11.0 Å². The van der Waals surface area contributed by atoms with Crippen molar-refractivity contribution in [3.63, 3.8) is 0 Å². The van der Waals surface area contributed by atoms with Crippen LogP contribution in [0.2, 0.25) is 0 Å². The largest absolute Gasteiger partial charge is 0.488 e. The van der Waals surface area contributed by atoms with Crippen LogP contribution in [-0.2, 0) is 6.42 Å². The highest BCUT2D eigenvalue weighted by atomic mass is 79.9. The molecule has 1 atom stereocenters. The summed E-state index contributed by atoms with van der Waals surface area (Å²) in [5.41, 5.74) is 3.02. The quantitative estimate of drug-likeness (QED) is 0.756. The summed E-state index contributed by atoms with van der Waals surface area (Å²) in [6, 6.07) is 9.35. The van der Waals surface area contributed by atoms with Crippen molar-refractivity contribution in [2.24, 2.45) is 0 Å². The molecule has 0 spiro atoms. The Balaban J connectivity index is 1.66. The molecule has 3 rings (SSSR count). The van der Waals surface area contributed by atoms with Crippen LogP contribution >= 0.6 is 31.9 Å². The Morgan fingerprint density at radius 3 is 2.90 bits per heavy atom. The van der Waals surface area contributed by atoms with E-state index in [0.29, 0.717) is 11.0 Å². The van der Waals surface area contributed by atoms with E-state index in [1.54, 1.807) is 6.07 Å². The number of benzene rings is 2. The normalized spacial score (nSPS) is 16.5. The summed E-state index contributed by atoms with van der Waals surface area (Å²) in [5, 5.41) is 3.34. The minimum atomic E-state index is -0.243. The van der Waals surface area contributed by atoms with Crippen molar-refractivity contribution in [1.29, 1.82) is 0 Å². The molecular formula is C16H14Br2FNO. The molecule has 1 aliphatic heterocycles. The number of anilines is 1. The Hall–Kier alpha value is -1.07. The first-order valence-electron chi connectivity index (χ1n) is 6.67. The van der Waals surface area contributed by atoms with Gasteiger partial charge >= 0.3 is 0 Å². The van der Waals surface area contributed by atoms with Gasteiger partial charge in [-0.3, -0.25) is 0 Å². The lowest BCUT2D eigenvalue weighted by Gasteiger charge is -2.15. The lowest BCUT2D eigenvalue weighted by atomic mass is 10.1. The third-order valence-corrected chi connectivity index (χ3v) is 4.65. The average molecular weight is 415 g/mol. The number of aryl methyl sites for hydroxylation is 1. The maximum absolute atomic E-state index is 13.4. The zero-order chi connectivity index (χ0) is 15.0. The molecule has 2 aromatic carbocycles. The molecule has 21 heavy (non-hydrogen) atoms. The van der Waals surface area contributed by atoms with Crippen molar-refractivity contribution in [1.82, 2.24) is 0 Å². The summed E-state index contributed by atoms with van der Waals surface area (Å²) in [4.78, 5) is 0. The van der Waals surface area contributed by atoms with Gasteiger partial charge in [0.1, 0.15) is 17.7 Å². The molecule has 2 nitrogen and oxygen atoms in total. The Labute approximate surface area is 140 Å². The van der Waals surface area contributed by atoms with Crippen LogP contribution in [0.1, 0.15) is 11.1 Å². The van der Waals surface area contributed by atoms with Crippen LogP contribution in [0.15, 0.2) is 39.3 Å². The molecule has 0 radical (unpaired) electrons. The van der Waals surface area contributed by atoms with Crippen LogP contribution in [0.25, 0.3) is 0 Å². The highest BCUT2D eigenvalue weighted by Gasteiger charge is 2.22. The first-order valence-corrected chi connectivity index (χ1v) is 8.26. The zero-order valence-corrected chi connectivity index (χ0v) is 14.6. The van der Waals surface area contributed by atoms with Crippen LogP contribution in [0.4, 0.5) is 10.1 Å². The van der Waals surface area contributed by atoms with Gasteiger partial charge in [-0.15, -0.1) is 0 Å². The highest BCUT2D eigenvalue weighted by Crippen LogP contribution is 2.31. The zero-order valence-electron chi connectivity index (χ0n) is 11.4. The molecule has 0 amide bonds. The highest BCUT2D eigenvalue weighted by molar-refractivity contribution is 9.10. The Kier molecular flexibility index (Phi) is 4.22. The van der Waals surface area contributed by atoms with Gasteiger partial charge in [0.25, 0.3) is 0 Å². The second-order valence-corrected chi connectivity index (χ2v) is 6.93. The predicted octanol–water partition coefficient (Wildman–Crippen LogP) is 5.07. The summed E-state index contributed by atoms with van der Waals surface area (Å²) in [5.74, 6) is 0.703. The number of rotatable bonds is 3. The van der Waals surface area contributed by atoms with Gasteiger partial charge in [-0.05, 0) is 64.3 Å². The van der Waals surface area contributed by atoms with Crippen LogP contribution in [0.3, 0.4) is 0 Å². The average Bonchev–Trinajstić information content (AvgIpc) is 2.83. The number of fused-ring (bicyclic) bond motifs is 1. The standard InChI is InChI=1S/C16H14Br2FNO/c1-9-4-14(19)13(18)7-15(9)20-8-12-6-10-5-11(17)2-3-16(10)21-12/h2-5,7,12,20H,6,8H2,1H3. The Morgan fingerprint density at radius 2 is 2.10 bits per heavy atom. The Bertz CT molecular complexity index is 690. The number of ether oxygens (including phenoxy) is 1. The fourth-order valence-electron chi connectivity index (χ4n) is 2.46. The molecule has 1 aliphatic rings. The first-order chi connectivity index (χ1) is 10.0. The molecule has 0 saturated carbocycles. The molecule has 0 aromatic heterocycles. The van der Waals surface area contributed by atoms with Crippen molar-refractivity contribution in [2.75, 3.05) is 11.9 Å². The van der Waals surface area contributed by atoms with Gasteiger partial charge in [0, 0.05) is 16.6 Å². The lowest BCUT2D eigenvalue weighted by molar-refractivity contribution is 0.246. The summed E-state index contributed by atoms with van der Waals surface area (Å²) >= 11 is 6.69. The second kappa shape index (κ2) is 5.97. The fourth-order valence-corrected chi connectivity index (χ4v) is 3.22. The van der Waals surface area contributed by atoms with E-state index in [-0.39, 0.29) is 11.9 Å². The van der Waals surface area contributed by atoms with Crippen LogP contribution in [-0.4, -0.2) is 12.6 Å². The summed E-state index contributed by atoms with van der Waals surface area (Å²) in [6.07, 6.45) is 0.973. The maximum Gasteiger partial charge on any atom is 0.137 e. The van der Waals surface area contributed by atoms with E-state index in [1.807, 2.05) is 19.1 Å². The SMILES string of the molecule is Cc1cc(F)c(Br)cc1NCC1Cc2cc(Br)ccc2O1. The van der Waals surface area contributed by atoms with Crippen molar-refractivity contribution >= 4 is 37.5 Å². The van der Waals surface area contributed by atoms with Gasteiger partial charge in [0.15, 0.2) is 0 Å². The van der Waals surface area contributed by atoms with Crippen LogP contribution in [0, 0.1) is 12.7 Å². The number of hydrogen-bond donors (Lipinski definition) is 1. The topological polar surface area (TPSA) is 21.3 Å². The third-order valence-electron chi connectivity index (χ3n) is 3.55. The molecule has 0 saturated heterocycles. The smallest absolute Gasteiger partial charge is 0.137 e. The van der Waals surface area contributed by atoms with Crippen LogP contribution in [0.5, 0.6) is 5.75 Å². The molecule has 5 heteroatoms. The van der Waals surface area contributed by atoms with Gasteiger partial charge in [-0.2, -0.15) is 0 Å². The van der Waals surface area contributed by atoms with E-state index in [1.165, 1.54) is 11.6 Å². The predicted molar refractivity (Wildman–Crippen MR) is 89.6 cm³/mol. The molecule has 1 unspecified atom stereocenters. The summed E-state index contributed by atoms with van der Waals surface area (Å²) in [7, 11) is 0. The minimum Gasteiger partial charge on any atom is -0.488 e. The van der Waals surface area contributed by atoms with Crippen molar-refractivity contribution in [3.05, 3.63) is 56.2 Å². The Morgan fingerprint density at radius 1 is 1.29 bits per heavy atom. The maximum atomic E-state index is 13.4. The van der Waals surface area contributed by atoms with Gasteiger partial charge < -0.3 is 10.1 Å². The first kappa shape index (κ1) is 14.9. The van der Waals surface area contributed by atoms with E-state index in [2.05, 4.69) is 43.2 Å². The van der Waals surface area contributed by atoms with Crippen molar-refractivity contribution in [2.45, 2.75) is 19.4 Å². The fraction of sp³-hybridized carbons (Fsp3) is 0.250. The van der Waals surface area contributed by atoms with Crippen LogP contribution < -0.4 is 10.1 Å². The molecule has 1 N–H and O–H groups in total. The molecular weight excluding hydrogens is 401 g/mol. The molecule has 0 bridgehead atoms. The van der Waals surface area contributed by atoms with Gasteiger partial charge in [0.2, 0.25) is 0 Å². The van der Waals surface area contributed by atoms with Gasteiger partial charge in [-0.1, -0.05) is 15.9 Å². The molecule has 110 valence electrons. The molecule has 1 heterocycles. The summed E-state index contributed by atoms with van der Waals surface area (Å²) in [6.45, 7) is 2.57.